The molecule has 8 nitrogen and oxygen atoms in total. The first-order valence-electron chi connectivity index (χ1n) is 9.85. The normalized spacial score (nSPS) is 10.5. The minimum absolute atomic E-state index is 0.120. The minimum Gasteiger partial charge on any atom is -0.497 e. The van der Waals surface area contributed by atoms with Crippen molar-refractivity contribution in [3.8, 4) is 16.9 Å². The molecule has 0 aliphatic rings. The number of hydrogen-bond donors (Lipinski definition) is 1. The van der Waals surface area contributed by atoms with Gasteiger partial charge in [0.25, 0.3) is 11.6 Å². The summed E-state index contributed by atoms with van der Waals surface area (Å²) in [5.74, 6) is -0.432. The van der Waals surface area contributed by atoms with Gasteiger partial charge in [0.05, 0.1) is 18.6 Å². The van der Waals surface area contributed by atoms with Gasteiger partial charge >= 0.3 is 5.97 Å². The van der Waals surface area contributed by atoms with Crippen molar-refractivity contribution in [2.24, 2.45) is 0 Å². The van der Waals surface area contributed by atoms with Crippen LogP contribution in [0.4, 0.5) is 10.7 Å². The van der Waals surface area contributed by atoms with Gasteiger partial charge in [0.15, 0.2) is 0 Å². The van der Waals surface area contributed by atoms with Crippen molar-refractivity contribution in [1.82, 2.24) is 0 Å². The number of nitro groups is 1. The molecule has 0 saturated carbocycles. The van der Waals surface area contributed by atoms with Gasteiger partial charge in [0.1, 0.15) is 16.3 Å². The molecular weight excluding hydrogens is 432 g/mol. The van der Waals surface area contributed by atoms with Crippen LogP contribution in [0.25, 0.3) is 11.1 Å². The number of carbonyl (C=O) groups is 2. The van der Waals surface area contributed by atoms with E-state index >= 15 is 0 Å². The van der Waals surface area contributed by atoms with Crippen LogP contribution < -0.4 is 10.1 Å². The highest BCUT2D eigenvalue weighted by molar-refractivity contribution is 7.15. The summed E-state index contributed by atoms with van der Waals surface area (Å²) in [4.78, 5) is 36.3. The molecule has 0 aliphatic carbocycles. The van der Waals surface area contributed by atoms with Crippen LogP contribution in [0.5, 0.6) is 5.75 Å². The lowest BCUT2D eigenvalue weighted by Gasteiger charge is -2.10. The fourth-order valence-electron chi connectivity index (χ4n) is 3.03. The molecule has 0 fully saturated rings. The Morgan fingerprint density at radius 3 is 2.50 bits per heavy atom. The van der Waals surface area contributed by atoms with Crippen LogP contribution in [0.1, 0.15) is 39.6 Å². The van der Waals surface area contributed by atoms with Crippen LogP contribution in [0.15, 0.2) is 47.8 Å². The molecule has 1 amide bonds. The number of rotatable bonds is 8. The van der Waals surface area contributed by atoms with Crippen LogP contribution in [0.3, 0.4) is 0 Å². The number of aryl methyl sites for hydroxylation is 1. The van der Waals surface area contributed by atoms with Crippen molar-refractivity contribution in [3.05, 3.63) is 74.6 Å². The van der Waals surface area contributed by atoms with Crippen molar-refractivity contribution >= 4 is 33.9 Å². The van der Waals surface area contributed by atoms with E-state index in [1.807, 2.05) is 19.1 Å². The third-order valence-corrected chi connectivity index (χ3v) is 5.62. The lowest BCUT2D eigenvalue weighted by molar-refractivity contribution is -0.385. The molecule has 1 aromatic heterocycles. The monoisotopic (exact) mass is 454 g/mol. The van der Waals surface area contributed by atoms with Crippen molar-refractivity contribution in [1.29, 1.82) is 0 Å². The van der Waals surface area contributed by atoms with Crippen LogP contribution in [0.2, 0.25) is 0 Å². The predicted octanol–water partition coefficient (Wildman–Crippen LogP) is 5.46. The predicted molar refractivity (Wildman–Crippen MR) is 123 cm³/mol. The number of nitrogens with zero attached hydrogens (tertiary/aromatic N) is 1. The number of thiophene rings is 1. The number of carbonyl (C=O) groups excluding carboxylic acids is 2. The highest BCUT2D eigenvalue weighted by atomic mass is 32.1. The van der Waals surface area contributed by atoms with E-state index in [0.29, 0.717) is 28.3 Å². The number of ether oxygens (including phenoxy) is 2. The van der Waals surface area contributed by atoms with Crippen LogP contribution >= 0.6 is 11.3 Å². The first-order valence-corrected chi connectivity index (χ1v) is 10.7. The number of methoxy groups -OCH3 is 1. The molecule has 2 aromatic carbocycles. The van der Waals surface area contributed by atoms with E-state index in [1.54, 1.807) is 31.5 Å². The molecule has 3 aromatic rings. The molecule has 0 spiro atoms. The van der Waals surface area contributed by atoms with Gasteiger partial charge in [-0.15, -0.1) is 11.3 Å². The van der Waals surface area contributed by atoms with Gasteiger partial charge in [0, 0.05) is 28.1 Å². The number of nitro benzene ring substituents is 1. The van der Waals surface area contributed by atoms with E-state index in [4.69, 9.17) is 9.47 Å². The molecule has 0 aliphatic heterocycles. The van der Waals surface area contributed by atoms with Gasteiger partial charge in [-0.3, -0.25) is 14.9 Å². The third kappa shape index (κ3) is 4.94. The van der Waals surface area contributed by atoms with Crippen molar-refractivity contribution < 1.29 is 24.0 Å². The van der Waals surface area contributed by atoms with Crippen molar-refractivity contribution in [2.45, 2.75) is 20.3 Å². The van der Waals surface area contributed by atoms with Crippen molar-refractivity contribution in [2.75, 3.05) is 19.0 Å². The highest BCUT2D eigenvalue weighted by Gasteiger charge is 2.24. The van der Waals surface area contributed by atoms with Gasteiger partial charge in [-0.05, 0) is 37.1 Å². The molecule has 0 bridgehead atoms. The van der Waals surface area contributed by atoms with E-state index in [0.717, 1.165) is 5.56 Å². The van der Waals surface area contributed by atoms with Gasteiger partial charge in [-0.2, -0.15) is 0 Å². The summed E-state index contributed by atoms with van der Waals surface area (Å²) in [6.07, 6.45) is 0.655. The van der Waals surface area contributed by atoms with Crippen LogP contribution in [-0.2, 0) is 4.74 Å². The molecule has 9 heteroatoms. The first kappa shape index (κ1) is 23.0. The Hall–Kier alpha value is -3.72. The SMILES string of the molecule is CCCOC(=O)c1c(-c2ccc(OC)cc2)csc1NC(=O)c1ccc(C)c([N+](=O)[O-])c1. The van der Waals surface area contributed by atoms with E-state index in [2.05, 4.69) is 5.32 Å². The average Bonchev–Trinajstić information content (AvgIpc) is 3.21. The second kappa shape index (κ2) is 10.1. The smallest absolute Gasteiger partial charge is 0.341 e. The molecule has 166 valence electrons. The van der Waals surface area contributed by atoms with E-state index in [9.17, 15) is 19.7 Å². The number of hydrogen-bond acceptors (Lipinski definition) is 7. The Kier molecular flexibility index (Phi) is 7.21. The quantitative estimate of drug-likeness (QED) is 0.275. The molecule has 1 N–H and O–H groups in total. The van der Waals surface area contributed by atoms with Crippen LogP contribution in [-0.4, -0.2) is 30.5 Å². The lowest BCUT2D eigenvalue weighted by atomic mass is 10.0. The lowest BCUT2D eigenvalue weighted by Crippen LogP contribution is -2.15. The van der Waals surface area contributed by atoms with E-state index < -0.39 is 16.8 Å². The first-order chi connectivity index (χ1) is 15.3. The summed E-state index contributed by atoms with van der Waals surface area (Å²) in [6.45, 7) is 3.73. The molecule has 0 saturated heterocycles. The Bertz CT molecular complexity index is 1150. The Labute approximate surface area is 188 Å². The molecule has 1 heterocycles. The van der Waals surface area contributed by atoms with Gasteiger partial charge < -0.3 is 14.8 Å². The fraction of sp³-hybridized carbons (Fsp3) is 0.217. The number of anilines is 1. The Morgan fingerprint density at radius 2 is 1.88 bits per heavy atom. The van der Waals surface area contributed by atoms with Gasteiger partial charge in [-0.25, -0.2) is 4.79 Å². The zero-order valence-electron chi connectivity index (χ0n) is 17.8. The van der Waals surface area contributed by atoms with Gasteiger partial charge in [0.2, 0.25) is 0 Å². The van der Waals surface area contributed by atoms with Crippen LogP contribution in [0, 0.1) is 17.0 Å². The summed E-state index contributed by atoms with van der Waals surface area (Å²) in [5, 5.41) is 16.0. The molecule has 0 unspecified atom stereocenters. The molecule has 0 radical (unpaired) electrons. The maximum atomic E-state index is 12.8. The summed E-state index contributed by atoms with van der Waals surface area (Å²) in [6, 6.07) is 11.4. The Morgan fingerprint density at radius 1 is 1.16 bits per heavy atom. The topological polar surface area (TPSA) is 108 Å². The van der Waals surface area contributed by atoms with E-state index in [1.165, 1.54) is 29.5 Å². The summed E-state index contributed by atoms with van der Waals surface area (Å²) in [5.41, 5.74) is 2.04. The van der Waals surface area contributed by atoms with Gasteiger partial charge in [-0.1, -0.05) is 25.1 Å². The molecular formula is C23H22N2O6S. The maximum absolute atomic E-state index is 12.8. The second-order valence-electron chi connectivity index (χ2n) is 6.93. The number of esters is 1. The summed E-state index contributed by atoms with van der Waals surface area (Å²) in [7, 11) is 1.57. The third-order valence-electron chi connectivity index (χ3n) is 4.73. The minimum atomic E-state index is -0.555. The standard InChI is InChI=1S/C23H22N2O6S/c1-4-11-31-23(27)20-18(15-7-9-17(30-3)10-8-15)13-32-22(20)24-21(26)16-6-5-14(2)19(12-16)25(28)29/h5-10,12-13H,4,11H2,1-3H3,(H,24,26). The fourth-order valence-corrected chi connectivity index (χ4v) is 3.98. The zero-order chi connectivity index (χ0) is 23.3. The molecule has 3 rings (SSSR count). The maximum Gasteiger partial charge on any atom is 0.341 e. The highest BCUT2D eigenvalue weighted by Crippen LogP contribution is 2.37. The zero-order valence-corrected chi connectivity index (χ0v) is 18.7. The summed E-state index contributed by atoms with van der Waals surface area (Å²) < 4.78 is 10.5. The molecule has 32 heavy (non-hydrogen) atoms. The van der Waals surface area contributed by atoms with E-state index in [-0.39, 0.29) is 23.4 Å². The Balaban J connectivity index is 1.97. The number of amides is 1. The second-order valence-corrected chi connectivity index (χ2v) is 7.81. The number of benzene rings is 2. The van der Waals surface area contributed by atoms with Crippen molar-refractivity contribution in [3.63, 3.8) is 0 Å². The summed E-state index contributed by atoms with van der Waals surface area (Å²) >= 11 is 1.18. The molecule has 0 atom stereocenters. The average molecular weight is 455 g/mol. The number of nitrogens with one attached hydrogen (secondary N) is 1. The largest absolute Gasteiger partial charge is 0.497 e.